The molecule has 1 aliphatic carbocycles. The normalized spacial score (nSPS) is 20.3. The second kappa shape index (κ2) is 8.13. The number of nitrogens with one attached hydrogen (secondary N) is 1. The minimum Gasteiger partial charge on any atom is -0.484 e. The van der Waals surface area contributed by atoms with E-state index in [2.05, 4.69) is 12.2 Å². The van der Waals surface area contributed by atoms with Crippen molar-refractivity contribution >= 4 is 17.5 Å². The van der Waals surface area contributed by atoms with Crippen molar-refractivity contribution in [2.24, 2.45) is 11.8 Å². The van der Waals surface area contributed by atoms with Gasteiger partial charge < -0.3 is 15.0 Å². The van der Waals surface area contributed by atoms with Gasteiger partial charge in [-0.05, 0) is 30.9 Å². The van der Waals surface area contributed by atoms with Crippen LogP contribution in [-0.2, 0) is 9.59 Å². The molecule has 1 aromatic rings. The number of anilines is 1. The molecule has 0 bridgehead atoms. The van der Waals surface area contributed by atoms with Crippen molar-refractivity contribution in [2.45, 2.75) is 32.6 Å². The van der Waals surface area contributed by atoms with E-state index in [4.69, 9.17) is 4.74 Å². The molecule has 1 aromatic carbocycles. The average Bonchev–Trinajstić information content (AvgIpc) is 2.54. The molecule has 0 aliphatic heterocycles. The van der Waals surface area contributed by atoms with Crippen LogP contribution in [0.25, 0.3) is 0 Å². The van der Waals surface area contributed by atoms with E-state index in [1.165, 1.54) is 17.0 Å². The lowest BCUT2D eigenvalue weighted by atomic mass is 9.82. The molecule has 0 radical (unpaired) electrons. The Bertz CT molecular complexity index is 604. The predicted octanol–water partition coefficient (Wildman–Crippen LogP) is 3.06. The first-order chi connectivity index (χ1) is 11.4. The fourth-order valence-electron chi connectivity index (χ4n) is 2.87. The summed E-state index contributed by atoms with van der Waals surface area (Å²) >= 11 is 0. The fraction of sp³-hybridized carbons (Fsp3) is 0.556. The third-order valence-corrected chi connectivity index (χ3v) is 4.37. The van der Waals surface area contributed by atoms with Crippen LogP contribution >= 0.6 is 0 Å². The molecule has 24 heavy (non-hydrogen) atoms. The molecular weight excluding hydrogens is 311 g/mol. The van der Waals surface area contributed by atoms with Crippen LogP contribution in [0.5, 0.6) is 5.75 Å². The van der Waals surface area contributed by atoms with Gasteiger partial charge in [0.05, 0.1) is 5.69 Å². The van der Waals surface area contributed by atoms with Crippen molar-refractivity contribution in [3.8, 4) is 5.75 Å². The van der Waals surface area contributed by atoms with Gasteiger partial charge in [-0.3, -0.25) is 9.59 Å². The minimum absolute atomic E-state index is 0.0539. The summed E-state index contributed by atoms with van der Waals surface area (Å²) < 4.78 is 19.4. The number of benzene rings is 1. The van der Waals surface area contributed by atoms with E-state index in [9.17, 15) is 14.0 Å². The maximum atomic E-state index is 14.1. The molecular formula is C18H25FN2O3. The van der Waals surface area contributed by atoms with Crippen molar-refractivity contribution in [3.05, 3.63) is 24.0 Å². The summed E-state index contributed by atoms with van der Waals surface area (Å²) in [7, 11) is 3.24. The monoisotopic (exact) mass is 336 g/mol. The number of ether oxygens (including phenoxy) is 1. The van der Waals surface area contributed by atoms with Crippen LogP contribution in [-0.4, -0.2) is 37.4 Å². The molecule has 132 valence electrons. The van der Waals surface area contributed by atoms with Crippen LogP contribution < -0.4 is 10.1 Å². The first-order valence-electron chi connectivity index (χ1n) is 8.30. The van der Waals surface area contributed by atoms with Crippen LogP contribution in [0.15, 0.2) is 18.2 Å². The van der Waals surface area contributed by atoms with Crippen molar-refractivity contribution < 1.29 is 18.7 Å². The van der Waals surface area contributed by atoms with Crippen molar-refractivity contribution in [3.63, 3.8) is 0 Å². The van der Waals surface area contributed by atoms with Crippen LogP contribution in [0.1, 0.15) is 32.6 Å². The Morgan fingerprint density at radius 3 is 2.71 bits per heavy atom. The van der Waals surface area contributed by atoms with Gasteiger partial charge in [-0.1, -0.05) is 19.8 Å². The van der Waals surface area contributed by atoms with Gasteiger partial charge in [0.2, 0.25) is 5.91 Å². The first-order valence-corrected chi connectivity index (χ1v) is 8.30. The molecule has 2 atom stereocenters. The molecule has 0 saturated heterocycles. The summed E-state index contributed by atoms with van der Waals surface area (Å²) in [5, 5.41) is 2.67. The molecule has 2 unspecified atom stereocenters. The molecule has 1 N–H and O–H groups in total. The Hall–Kier alpha value is -2.11. The molecule has 0 spiro atoms. The standard InChI is InChI=1S/C18H25FN2O3/c1-12-5-4-6-13(9-12)18(23)20-16-8-7-14(10-15(16)19)24-11-17(22)21(2)3/h7-8,10,12-13H,4-6,9,11H2,1-3H3,(H,20,23). The summed E-state index contributed by atoms with van der Waals surface area (Å²) in [6.45, 7) is 1.99. The topological polar surface area (TPSA) is 58.6 Å². The zero-order valence-corrected chi connectivity index (χ0v) is 14.5. The van der Waals surface area contributed by atoms with E-state index in [-0.39, 0.29) is 35.8 Å². The molecule has 6 heteroatoms. The highest BCUT2D eigenvalue weighted by Crippen LogP contribution is 2.30. The summed E-state index contributed by atoms with van der Waals surface area (Å²) in [5.74, 6) is -0.170. The van der Waals surface area contributed by atoms with Crippen LogP contribution in [0.4, 0.5) is 10.1 Å². The van der Waals surface area contributed by atoms with E-state index in [0.29, 0.717) is 5.92 Å². The molecule has 0 heterocycles. The van der Waals surface area contributed by atoms with E-state index < -0.39 is 5.82 Å². The van der Waals surface area contributed by atoms with Gasteiger partial charge >= 0.3 is 0 Å². The van der Waals surface area contributed by atoms with Crippen molar-refractivity contribution in [2.75, 3.05) is 26.0 Å². The third-order valence-electron chi connectivity index (χ3n) is 4.37. The summed E-state index contributed by atoms with van der Waals surface area (Å²) in [6, 6.07) is 4.20. The number of rotatable bonds is 5. The number of hydrogen-bond acceptors (Lipinski definition) is 3. The largest absolute Gasteiger partial charge is 0.484 e. The number of hydrogen-bond donors (Lipinski definition) is 1. The molecule has 1 fully saturated rings. The molecule has 5 nitrogen and oxygen atoms in total. The lowest BCUT2D eigenvalue weighted by Crippen LogP contribution is -2.28. The number of halogens is 1. The number of amides is 2. The van der Waals surface area contributed by atoms with Gasteiger partial charge in [0.15, 0.2) is 6.61 Å². The second-order valence-electron chi connectivity index (χ2n) is 6.68. The van der Waals surface area contributed by atoms with Crippen molar-refractivity contribution in [1.29, 1.82) is 0 Å². The van der Waals surface area contributed by atoms with E-state index in [1.54, 1.807) is 20.2 Å². The number of carbonyl (C=O) groups is 2. The average molecular weight is 336 g/mol. The zero-order valence-electron chi connectivity index (χ0n) is 14.5. The Balaban J connectivity index is 1.94. The summed E-state index contributed by atoms with van der Waals surface area (Å²) in [6.07, 6.45) is 3.89. The molecule has 2 rings (SSSR count). The molecule has 2 amide bonds. The smallest absolute Gasteiger partial charge is 0.259 e. The van der Waals surface area contributed by atoms with Gasteiger partial charge in [-0.2, -0.15) is 0 Å². The van der Waals surface area contributed by atoms with Crippen molar-refractivity contribution in [1.82, 2.24) is 4.90 Å². The number of likely N-dealkylation sites (N-methyl/N-ethyl adjacent to an activating group) is 1. The lowest BCUT2D eigenvalue weighted by molar-refractivity contribution is -0.130. The zero-order chi connectivity index (χ0) is 17.7. The van der Waals surface area contributed by atoms with Gasteiger partial charge in [-0.25, -0.2) is 4.39 Å². The molecule has 1 aliphatic rings. The summed E-state index contributed by atoms with van der Waals surface area (Å²) in [5.41, 5.74) is 0.143. The maximum Gasteiger partial charge on any atom is 0.259 e. The van der Waals surface area contributed by atoms with Crippen LogP contribution in [0, 0.1) is 17.7 Å². The third kappa shape index (κ3) is 4.94. The minimum atomic E-state index is -0.568. The predicted molar refractivity (Wildman–Crippen MR) is 90.3 cm³/mol. The SMILES string of the molecule is CC1CCCC(C(=O)Nc2ccc(OCC(=O)N(C)C)cc2F)C1. The quantitative estimate of drug-likeness (QED) is 0.899. The van der Waals surface area contributed by atoms with Gasteiger partial charge in [0.25, 0.3) is 5.91 Å². The van der Waals surface area contributed by atoms with Gasteiger partial charge in [0, 0.05) is 26.1 Å². The number of nitrogens with zero attached hydrogens (tertiary/aromatic N) is 1. The number of carbonyl (C=O) groups excluding carboxylic acids is 2. The van der Waals surface area contributed by atoms with Gasteiger partial charge in [-0.15, -0.1) is 0 Å². The highest BCUT2D eigenvalue weighted by molar-refractivity contribution is 5.92. The molecule has 1 saturated carbocycles. The van der Waals surface area contributed by atoms with E-state index in [1.807, 2.05) is 0 Å². The Labute approximate surface area is 142 Å². The highest BCUT2D eigenvalue weighted by atomic mass is 19.1. The Kier molecular flexibility index (Phi) is 6.17. The summed E-state index contributed by atoms with van der Waals surface area (Å²) in [4.78, 5) is 25.1. The lowest BCUT2D eigenvalue weighted by Gasteiger charge is -2.25. The van der Waals surface area contributed by atoms with Crippen LogP contribution in [0.2, 0.25) is 0 Å². The fourth-order valence-corrected chi connectivity index (χ4v) is 2.87. The Morgan fingerprint density at radius 1 is 1.33 bits per heavy atom. The maximum absolute atomic E-state index is 14.1. The second-order valence-corrected chi connectivity index (χ2v) is 6.68. The van der Waals surface area contributed by atoms with E-state index >= 15 is 0 Å². The Morgan fingerprint density at radius 2 is 2.08 bits per heavy atom. The first kappa shape index (κ1) is 18.2. The van der Waals surface area contributed by atoms with Crippen LogP contribution in [0.3, 0.4) is 0 Å². The molecule has 0 aromatic heterocycles. The van der Waals surface area contributed by atoms with Gasteiger partial charge in [0.1, 0.15) is 11.6 Å². The highest BCUT2D eigenvalue weighted by Gasteiger charge is 2.25. The van der Waals surface area contributed by atoms with E-state index in [0.717, 1.165) is 25.7 Å².